The SMILES string of the molecule is CCNc1nnc(C(=O)N(C)Cc2ccc(F)c(Cl)c2)o1. The monoisotopic (exact) mass is 312 g/mol. The third kappa shape index (κ3) is 3.69. The van der Waals surface area contributed by atoms with Gasteiger partial charge in [0.05, 0.1) is 5.02 Å². The minimum absolute atomic E-state index is 0.0144. The summed E-state index contributed by atoms with van der Waals surface area (Å²) < 4.78 is 18.3. The Morgan fingerprint density at radius 2 is 2.24 bits per heavy atom. The first kappa shape index (κ1) is 15.2. The fraction of sp³-hybridized carbons (Fsp3) is 0.308. The van der Waals surface area contributed by atoms with E-state index in [-0.39, 0.29) is 23.5 Å². The van der Waals surface area contributed by atoms with Gasteiger partial charge in [0.2, 0.25) is 0 Å². The summed E-state index contributed by atoms with van der Waals surface area (Å²) in [5.74, 6) is -1.03. The number of amides is 1. The normalized spacial score (nSPS) is 10.5. The lowest BCUT2D eigenvalue weighted by Gasteiger charge is -2.15. The largest absolute Gasteiger partial charge is 0.399 e. The van der Waals surface area contributed by atoms with Gasteiger partial charge in [0.15, 0.2) is 0 Å². The molecule has 0 aliphatic heterocycles. The Hall–Kier alpha value is -2.15. The molecule has 112 valence electrons. The molecule has 2 aromatic rings. The number of nitrogens with zero attached hydrogens (tertiary/aromatic N) is 3. The van der Waals surface area contributed by atoms with Crippen LogP contribution >= 0.6 is 11.6 Å². The van der Waals surface area contributed by atoms with Gasteiger partial charge >= 0.3 is 17.8 Å². The summed E-state index contributed by atoms with van der Waals surface area (Å²) in [5, 5.41) is 10.2. The maximum Gasteiger partial charge on any atom is 0.315 e. The van der Waals surface area contributed by atoms with Crippen molar-refractivity contribution in [3.8, 4) is 0 Å². The van der Waals surface area contributed by atoms with Gasteiger partial charge in [-0.3, -0.25) is 4.79 Å². The molecule has 0 radical (unpaired) electrons. The third-order valence-corrected chi connectivity index (χ3v) is 2.98. The summed E-state index contributed by atoms with van der Waals surface area (Å²) in [4.78, 5) is 13.5. The van der Waals surface area contributed by atoms with Crippen LogP contribution in [0.15, 0.2) is 22.6 Å². The molecule has 0 atom stereocenters. The van der Waals surface area contributed by atoms with Crippen LogP contribution in [0.5, 0.6) is 0 Å². The standard InChI is InChI=1S/C13H14ClFN4O2/c1-3-16-13-18-17-11(21-13)12(20)19(2)7-8-4-5-10(15)9(14)6-8/h4-6H,3,7H2,1-2H3,(H,16,18). The molecule has 8 heteroatoms. The van der Waals surface area contributed by atoms with Crippen molar-refractivity contribution in [2.45, 2.75) is 13.5 Å². The first-order valence-electron chi connectivity index (χ1n) is 6.28. The molecule has 2 rings (SSSR count). The summed E-state index contributed by atoms with van der Waals surface area (Å²) >= 11 is 5.70. The molecule has 1 N–H and O–H groups in total. The number of rotatable bonds is 5. The third-order valence-electron chi connectivity index (χ3n) is 2.69. The van der Waals surface area contributed by atoms with Crippen LogP contribution in [-0.4, -0.2) is 34.6 Å². The van der Waals surface area contributed by atoms with E-state index >= 15 is 0 Å². The zero-order valence-corrected chi connectivity index (χ0v) is 12.3. The average molecular weight is 313 g/mol. The van der Waals surface area contributed by atoms with E-state index in [0.717, 1.165) is 0 Å². The minimum atomic E-state index is -0.499. The van der Waals surface area contributed by atoms with E-state index < -0.39 is 11.7 Å². The highest BCUT2D eigenvalue weighted by Crippen LogP contribution is 2.17. The first-order chi connectivity index (χ1) is 10.0. The van der Waals surface area contributed by atoms with E-state index in [2.05, 4.69) is 15.5 Å². The number of nitrogens with one attached hydrogen (secondary N) is 1. The van der Waals surface area contributed by atoms with Crippen molar-refractivity contribution in [1.29, 1.82) is 0 Å². The van der Waals surface area contributed by atoms with E-state index in [4.69, 9.17) is 16.0 Å². The number of hydrogen-bond acceptors (Lipinski definition) is 5. The van der Waals surface area contributed by atoms with Crippen LogP contribution in [0, 0.1) is 5.82 Å². The predicted molar refractivity (Wildman–Crippen MR) is 75.7 cm³/mol. The van der Waals surface area contributed by atoms with E-state index in [1.54, 1.807) is 13.1 Å². The van der Waals surface area contributed by atoms with Crippen LogP contribution in [0.25, 0.3) is 0 Å². The molecule has 1 aromatic heterocycles. The number of halogens is 2. The lowest BCUT2D eigenvalue weighted by Crippen LogP contribution is -2.26. The Balaban J connectivity index is 2.05. The minimum Gasteiger partial charge on any atom is -0.399 e. The van der Waals surface area contributed by atoms with Gasteiger partial charge in [0.1, 0.15) is 5.82 Å². The Labute approximate surface area is 125 Å². The van der Waals surface area contributed by atoms with E-state index in [1.807, 2.05) is 6.92 Å². The Morgan fingerprint density at radius 1 is 1.48 bits per heavy atom. The molecule has 0 aliphatic rings. The second-order valence-corrected chi connectivity index (χ2v) is 4.76. The van der Waals surface area contributed by atoms with Crippen molar-refractivity contribution < 1.29 is 13.6 Å². The van der Waals surface area contributed by atoms with Gasteiger partial charge in [0, 0.05) is 20.1 Å². The topological polar surface area (TPSA) is 71.3 Å². The van der Waals surface area contributed by atoms with Gasteiger partial charge in [-0.05, 0) is 24.6 Å². The molecule has 0 saturated heterocycles. The summed E-state index contributed by atoms with van der Waals surface area (Å²) in [7, 11) is 1.58. The van der Waals surface area contributed by atoms with E-state index in [1.165, 1.54) is 17.0 Å². The lowest BCUT2D eigenvalue weighted by molar-refractivity contribution is 0.0746. The molecule has 6 nitrogen and oxygen atoms in total. The Kier molecular flexibility index (Phi) is 4.74. The maximum atomic E-state index is 13.1. The molecule has 21 heavy (non-hydrogen) atoms. The molecule has 0 unspecified atom stereocenters. The van der Waals surface area contributed by atoms with Crippen LogP contribution in [0.3, 0.4) is 0 Å². The molecule has 1 heterocycles. The molecular formula is C13H14ClFN4O2. The van der Waals surface area contributed by atoms with E-state index in [9.17, 15) is 9.18 Å². The van der Waals surface area contributed by atoms with Crippen LogP contribution in [0.4, 0.5) is 10.4 Å². The zero-order valence-electron chi connectivity index (χ0n) is 11.6. The van der Waals surface area contributed by atoms with Gasteiger partial charge in [0.25, 0.3) is 0 Å². The van der Waals surface area contributed by atoms with Gasteiger partial charge < -0.3 is 14.6 Å². The smallest absolute Gasteiger partial charge is 0.315 e. The number of hydrogen-bond donors (Lipinski definition) is 1. The van der Waals surface area contributed by atoms with Crippen molar-refractivity contribution in [3.63, 3.8) is 0 Å². The van der Waals surface area contributed by atoms with Crippen molar-refractivity contribution in [2.75, 3.05) is 18.9 Å². The van der Waals surface area contributed by atoms with Gasteiger partial charge in [-0.2, -0.15) is 0 Å². The second kappa shape index (κ2) is 6.53. The fourth-order valence-corrected chi connectivity index (χ4v) is 1.88. The molecule has 0 bridgehead atoms. The van der Waals surface area contributed by atoms with Crippen molar-refractivity contribution in [3.05, 3.63) is 40.5 Å². The molecule has 0 aliphatic carbocycles. The van der Waals surface area contributed by atoms with Crippen LogP contribution in [0.1, 0.15) is 23.2 Å². The van der Waals surface area contributed by atoms with Crippen molar-refractivity contribution in [1.82, 2.24) is 15.1 Å². The van der Waals surface area contributed by atoms with Crippen LogP contribution in [-0.2, 0) is 6.54 Å². The number of aromatic nitrogens is 2. The summed E-state index contributed by atoms with van der Waals surface area (Å²) in [6, 6.07) is 4.48. The van der Waals surface area contributed by atoms with Crippen LogP contribution < -0.4 is 5.32 Å². The average Bonchev–Trinajstić information content (AvgIpc) is 2.91. The molecule has 1 aromatic carbocycles. The van der Waals surface area contributed by atoms with Crippen molar-refractivity contribution in [2.24, 2.45) is 0 Å². The first-order valence-corrected chi connectivity index (χ1v) is 6.65. The van der Waals surface area contributed by atoms with Gasteiger partial charge in [-0.25, -0.2) is 4.39 Å². The Morgan fingerprint density at radius 3 is 2.90 bits per heavy atom. The molecule has 0 saturated carbocycles. The summed E-state index contributed by atoms with van der Waals surface area (Å²) in [6.07, 6.45) is 0. The van der Waals surface area contributed by atoms with E-state index in [0.29, 0.717) is 12.1 Å². The summed E-state index contributed by atoms with van der Waals surface area (Å²) in [6.45, 7) is 2.73. The summed E-state index contributed by atoms with van der Waals surface area (Å²) in [5.41, 5.74) is 0.698. The lowest BCUT2D eigenvalue weighted by atomic mass is 10.2. The Bertz CT molecular complexity index is 647. The van der Waals surface area contributed by atoms with Gasteiger partial charge in [-0.1, -0.05) is 22.8 Å². The quantitative estimate of drug-likeness (QED) is 0.918. The molecular weight excluding hydrogens is 299 g/mol. The molecule has 0 spiro atoms. The molecule has 1 amide bonds. The zero-order chi connectivity index (χ0) is 15.4. The fourth-order valence-electron chi connectivity index (χ4n) is 1.68. The molecule has 0 fully saturated rings. The van der Waals surface area contributed by atoms with Gasteiger partial charge in [-0.15, -0.1) is 5.10 Å². The maximum absolute atomic E-state index is 13.1. The number of carbonyl (C=O) groups excluding carboxylic acids is 1. The van der Waals surface area contributed by atoms with Crippen molar-refractivity contribution >= 4 is 23.5 Å². The highest BCUT2D eigenvalue weighted by Gasteiger charge is 2.19. The number of carbonyl (C=O) groups is 1. The highest BCUT2D eigenvalue weighted by atomic mass is 35.5. The highest BCUT2D eigenvalue weighted by molar-refractivity contribution is 6.30. The number of benzene rings is 1. The van der Waals surface area contributed by atoms with Crippen LogP contribution in [0.2, 0.25) is 5.02 Å². The number of anilines is 1. The second-order valence-electron chi connectivity index (χ2n) is 4.35. The predicted octanol–water partition coefficient (Wildman–Crippen LogP) is 2.57.